The van der Waals surface area contributed by atoms with E-state index in [1.807, 2.05) is 7.05 Å². The fourth-order valence-electron chi connectivity index (χ4n) is 3.31. The standard InChI is InChI=1S/C14H14F5NO/c1-20-6-2-3-7(20)5-8(4-6)21-14-12(18)10(16)9(15)11(17)13(14)19/h6-8H,2-5H2,1H3/t6-,7+,8+. The van der Waals surface area contributed by atoms with Crippen molar-refractivity contribution >= 4 is 0 Å². The van der Waals surface area contributed by atoms with E-state index in [-0.39, 0.29) is 12.1 Å². The topological polar surface area (TPSA) is 12.5 Å². The van der Waals surface area contributed by atoms with Crippen LogP contribution in [0.5, 0.6) is 5.75 Å². The van der Waals surface area contributed by atoms with Crippen molar-refractivity contribution in [3.63, 3.8) is 0 Å². The molecule has 0 N–H and O–H groups in total. The van der Waals surface area contributed by atoms with E-state index in [0.29, 0.717) is 12.8 Å². The molecule has 0 spiro atoms. The van der Waals surface area contributed by atoms with Crippen LogP contribution in [0.4, 0.5) is 22.0 Å². The van der Waals surface area contributed by atoms with Gasteiger partial charge in [0.15, 0.2) is 5.75 Å². The summed E-state index contributed by atoms with van der Waals surface area (Å²) < 4.78 is 71.6. The normalized spacial score (nSPS) is 29.0. The fraction of sp³-hybridized carbons (Fsp3) is 0.571. The van der Waals surface area contributed by atoms with E-state index in [2.05, 4.69) is 4.90 Å². The maximum Gasteiger partial charge on any atom is 0.207 e. The Morgan fingerprint density at radius 3 is 1.71 bits per heavy atom. The molecule has 2 aliphatic heterocycles. The molecular weight excluding hydrogens is 293 g/mol. The van der Waals surface area contributed by atoms with Gasteiger partial charge in [0.05, 0.1) is 0 Å². The molecule has 0 amide bonds. The van der Waals surface area contributed by atoms with E-state index in [4.69, 9.17) is 4.74 Å². The zero-order valence-corrected chi connectivity index (χ0v) is 11.3. The van der Waals surface area contributed by atoms with E-state index in [1.165, 1.54) is 0 Å². The van der Waals surface area contributed by atoms with Crippen LogP contribution in [0.15, 0.2) is 0 Å². The van der Waals surface area contributed by atoms with Crippen molar-refractivity contribution in [2.45, 2.75) is 43.9 Å². The number of fused-ring (bicyclic) bond motifs is 2. The molecule has 3 atom stereocenters. The first-order chi connectivity index (χ1) is 9.90. The van der Waals surface area contributed by atoms with Crippen LogP contribution in [-0.4, -0.2) is 30.1 Å². The molecule has 0 saturated carbocycles. The second-order valence-electron chi connectivity index (χ2n) is 5.66. The van der Waals surface area contributed by atoms with Crippen molar-refractivity contribution in [3.05, 3.63) is 29.1 Å². The number of rotatable bonds is 2. The molecule has 0 unspecified atom stereocenters. The Labute approximate surface area is 118 Å². The molecule has 3 rings (SSSR count). The van der Waals surface area contributed by atoms with Crippen molar-refractivity contribution in [2.24, 2.45) is 0 Å². The zero-order valence-electron chi connectivity index (χ0n) is 11.3. The van der Waals surface area contributed by atoms with Gasteiger partial charge in [-0.05, 0) is 32.7 Å². The highest BCUT2D eigenvalue weighted by Crippen LogP contribution is 2.37. The lowest BCUT2D eigenvalue weighted by atomic mass is 10.0. The molecule has 21 heavy (non-hydrogen) atoms. The van der Waals surface area contributed by atoms with Crippen LogP contribution < -0.4 is 4.74 Å². The van der Waals surface area contributed by atoms with Crippen LogP contribution in [0.1, 0.15) is 25.7 Å². The third-order valence-corrected chi connectivity index (χ3v) is 4.51. The second-order valence-corrected chi connectivity index (χ2v) is 5.66. The summed E-state index contributed by atoms with van der Waals surface area (Å²) in [6.07, 6.45) is 2.42. The van der Waals surface area contributed by atoms with Gasteiger partial charge in [-0.1, -0.05) is 0 Å². The lowest BCUT2D eigenvalue weighted by molar-refractivity contribution is 0.0592. The quantitative estimate of drug-likeness (QED) is 0.472. The van der Waals surface area contributed by atoms with E-state index in [1.54, 1.807) is 0 Å². The Balaban J connectivity index is 1.86. The Kier molecular flexibility index (Phi) is 3.55. The lowest BCUT2D eigenvalue weighted by Crippen LogP contribution is -2.44. The van der Waals surface area contributed by atoms with Crippen LogP contribution >= 0.6 is 0 Å². The van der Waals surface area contributed by atoms with Gasteiger partial charge in [0.25, 0.3) is 0 Å². The number of halogens is 5. The first-order valence-electron chi connectivity index (χ1n) is 6.80. The van der Waals surface area contributed by atoms with Crippen LogP contribution in [-0.2, 0) is 0 Å². The smallest absolute Gasteiger partial charge is 0.207 e. The molecule has 2 fully saturated rings. The summed E-state index contributed by atoms with van der Waals surface area (Å²) in [4.78, 5) is 2.18. The Morgan fingerprint density at radius 1 is 0.810 bits per heavy atom. The highest BCUT2D eigenvalue weighted by atomic mass is 19.2. The summed E-state index contributed by atoms with van der Waals surface area (Å²) in [6.45, 7) is 0. The molecule has 2 nitrogen and oxygen atoms in total. The van der Waals surface area contributed by atoms with Crippen molar-refractivity contribution in [3.8, 4) is 5.75 Å². The highest BCUT2D eigenvalue weighted by Gasteiger charge is 2.40. The summed E-state index contributed by atoms with van der Waals surface area (Å²) in [5, 5.41) is 0. The van der Waals surface area contributed by atoms with E-state index < -0.39 is 40.9 Å². The molecule has 1 aromatic rings. The summed E-state index contributed by atoms with van der Waals surface area (Å²) >= 11 is 0. The summed E-state index contributed by atoms with van der Waals surface area (Å²) in [5.74, 6) is -11.1. The van der Waals surface area contributed by atoms with Crippen molar-refractivity contribution < 1.29 is 26.7 Å². The minimum Gasteiger partial charge on any atom is -0.484 e. The summed E-state index contributed by atoms with van der Waals surface area (Å²) in [7, 11) is 1.97. The van der Waals surface area contributed by atoms with Gasteiger partial charge in [-0.2, -0.15) is 8.78 Å². The average Bonchev–Trinajstić information content (AvgIpc) is 2.69. The maximum atomic E-state index is 13.6. The van der Waals surface area contributed by atoms with Gasteiger partial charge >= 0.3 is 0 Å². The first kappa shape index (κ1) is 14.6. The Hall–Kier alpha value is -1.37. The molecule has 2 saturated heterocycles. The van der Waals surface area contributed by atoms with E-state index in [9.17, 15) is 22.0 Å². The van der Waals surface area contributed by atoms with Gasteiger partial charge < -0.3 is 9.64 Å². The summed E-state index contributed by atoms with van der Waals surface area (Å²) in [6, 6.07) is 0.463. The molecule has 0 radical (unpaired) electrons. The first-order valence-corrected chi connectivity index (χ1v) is 6.80. The number of benzene rings is 1. The molecule has 0 aliphatic carbocycles. The molecule has 2 bridgehead atoms. The Morgan fingerprint density at radius 2 is 1.24 bits per heavy atom. The third-order valence-electron chi connectivity index (χ3n) is 4.51. The molecule has 2 aliphatic rings. The predicted molar refractivity (Wildman–Crippen MR) is 64.5 cm³/mol. The van der Waals surface area contributed by atoms with Gasteiger partial charge in [-0.3, -0.25) is 0 Å². The molecule has 0 aromatic heterocycles. The Bertz CT molecular complexity index is 536. The highest BCUT2D eigenvalue weighted by molar-refractivity contribution is 5.30. The van der Waals surface area contributed by atoms with Crippen LogP contribution in [0.25, 0.3) is 0 Å². The van der Waals surface area contributed by atoms with Gasteiger partial charge in [-0.15, -0.1) is 0 Å². The molecule has 7 heteroatoms. The van der Waals surface area contributed by atoms with Crippen molar-refractivity contribution in [1.82, 2.24) is 4.90 Å². The molecular formula is C14H14F5NO. The van der Waals surface area contributed by atoms with Crippen LogP contribution in [0, 0.1) is 29.1 Å². The lowest BCUT2D eigenvalue weighted by Gasteiger charge is -2.36. The number of hydrogen-bond acceptors (Lipinski definition) is 2. The zero-order chi connectivity index (χ0) is 15.3. The fourth-order valence-corrected chi connectivity index (χ4v) is 3.31. The minimum atomic E-state index is -2.17. The number of ether oxygens (including phenoxy) is 1. The van der Waals surface area contributed by atoms with Gasteiger partial charge in [0, 0.05) is 12.1 Å². The largest absolute Gasteiger partial charge is 0.484 e. The number of hydrogen-bond donors (Lipinski definition) is 0. The number of nitrogens with zero attached hydrogens (tertiary/aromatic N) is 1. The van der Waals surface area contributed by atoms with Crippen molar-refractivity contribution in [1.29, 1.82) is 0 Å². The third kappa shape index (κ3) is 2.27. The van der Waals surface area contributed by atoms with Crippen LogP contribution in [0.2, 0.25) is 0 Å². The van der Waals surface area contributed by atoms with E-state index >= 15 is 0 Å². The van der Waals surface area contributed by atoms with E-state index in [0.717, 1.165) is 12.8 Å². The maximum absolute atomic E-state index is 13.6. The monoisotopic (exact) mass is 307 g/mol. The molecule has 116 valence electrons. The van der Waals surface area contributed by atoms with Crippen molar-refractivity contribution in [2.75, 3.05) is 7.05 Å². The molecule has 2 heterocycles. The van der Waals surface area contributed by atoms with Gasteiger partial charge in [0.2, 0.25) is 29.1 Å². The SMILES string of the molecule is CN1[C@@H]2CC[C@H]1C[C@@H](Oc1c(F)c(F)c(F)c(F)c1F)C2. The average molecular weight is 307 g/mol. The summed E-state index contributed by atoms with van der Waals surface area (Å²) in [5.41, 5.74) is 0. The predicted octanol–water partition coefficient (Wildman–Crippen LogP) is 3.39. The van der Waals surface area contributed by atoms with Crippen LogP contribution in [0.3, 0.4) is 0 Å². The van der Waals surface area contributed by atoms with Gasteiger partial charge in [-0.25, -0.2) is 13.2 Å². The second kappa shape index (κ2) is 5.12. The number of piperidine rings is 1. The van der Waals surface area contributed by atoms with Gasteiger partial charge in [0.1, 0.15) is 6.10 Å². The molecule has 1 aromatic carbocycles. The minimum absolute atomic E-state index is 0.231.